The first kappa shape index (κ1) is 11.9. The molecule has 0 radical (unpaired) electrons. The van der Waals surface area contributed by atoms with Crippen molar-refractivity contribution in [2.45, 2.75) is 63.2 Å². The van der Waals surface area contributed by atoms with Gasteiger partial charge in [0.25, 0.3) is 0 Å². The number of hydrogen-bond donors (Lipinski definition) is 2. The van der Waals surface area contributed by atoms with E-state index in [2.05, 4.69) is 5.32 Å². The zero-order chi connectivity index (χ0) is 11.4. The van der Waals surface area contributed by atoms with Gasteiger partial charge in [-0.3, -0.25) is 4.79 Å². The number of amides is 1. The summed E-state index contributed by atoms with van der Waals surface area (Å²) >= 11 is 0. The van der Waals surface area contributed by atoms with Crippen LogP contribution < -0.4 is 11.1 Å². The second-order valence-corrected chi connectivity index (χ2v) is 4.90. The minimum atomic E-state index is -0.267. The maximum absolute atomic E-state index is 11.7. The summed E-state index contributed by atoms with van der Waals surface area (Å²) in [4.78, 5) is 11.7. The van der Waals surface area contributed by atoms with Crippen LogP contribution in [0.15, 0.2) is 0 Å². The average Bonchev–Trinajstić information content (AvgIpc) is 2.48. The normalized spacial score (nSPS) is 36.6. The van der Waals surface area contributed by atoms with Crippen LogP contribution in [0.4, 0.5) is 0 Å². The molecule has 1 saturated heterocycles. The lowest BCUT2D eigenvalue weighted by molar-refractivity contribution is -0.138. The number of hydrogen-bond acceptors (Lipinski definition) is 3. The van der Waals surface area contributed by atoms with Crippen molar-refractivity contribution in [3.8, 4) is 0 Å². The van der Waals surface area contributed by atoms with Gasteiger partial charge in [0.2, 0.25) is 5.91 Å². The summed E-state index contributed by atoms with van der Waals surface area (Å²) in [5.74, 6) is 0.0512. The van der Waals surface area contributed by atoms with E-state index < -0.39 is 0 Å². The highest BCUT2D eigenvalue weighted by molar-refractivity contribution is 5.80. The van der Waals surface area contributed by atoms with Crippen molar-refractivity contribution in [1.82, 2.24) is 5.32 Å². The van der Waals surface area contributed by atoms with E-state index in [9.17, 15) is 4.79 Å². The van der Waals surface area contributed by atoms with Crippen molar-refractivity contribution in [1.29, 1.82) is 0 Å². The summed E-state index contributed by atoms with van der Waals surface area (Å²) in [5.41, 5.74) is 6.02. The fraction of sp³-hybridized carbons (Fsp3) is 0.917. The van der Waals surface area contributed by atoms with Crippen molar-refractivity contribution in [3.63, 3.8) is 0 Å². The Labute approximate surface area is 96.9 Å². The maximum atomic E-state index is 11.7. The molecule has 2 rings (SSSR count). The van der Waals surface area contributed by atoms with Gasteiger partial charge in [-0.2, -0.15) is 0 Å². The van der Waals surface area contributed by atoms with Crippen LogP contribution in [0.3, 0.4) is 0 Å². The first-order valence-corrected chi connectivity index (χ1v) is 6.46. The van der Waals surface area contributed by atoms with Gasteiger partial charge in [0.15, 0.2) is 0 Å². The van der Waals surface area contributed by atoms with Gasteiger partial charge in [-0.25, -0.2) is 0 Å². The van der Waals surface area contributed by atoms with E-state index in [-0.39, 0.29) is 24.2 Å². The largest absolute Gasteiger partial charge is 0.364 e. The summed E-state index contributed by atoms with van der Waals surface area (Å²) in [6.07, 6.45) is 7.18. The SMILES string of the molecule is NC1CCCCC1OC1CCCCNC1=O. The first-order chi connectivity index (χ1) is 7.77. The molecule has 2 aliphatic rings. The molecule has 1 saturated carbocycles. The topological polar surface area (TPSA) is 64.3 Å². The molecule has 0 aromatic heterocycles. The van der Waals surface area contributed by atoms with E-state index >= 15 is 0 Å². The van der Waals surface area contributed by atoms with Gasteiger partial charge in [-0.15, -0.1) is 0 Å². The molecule has 0 aromatic rings. The van der Waals surface area contributed by atoms with Gasteiger partial charge in [0.1, 0.15) is 6.10 Å². The van der Waals surface area contributed by atoms with Gasteiger partial charge in [-0.05, 0) is 32.1 Å². The highest BCUT2D eigenvalue weighted by Gasteiger charge is 2.29. The number of nitrogens with one attached hydrogen (secondary N) is 1. The van der Waals surface area contributed by atoms with E-state index in [1.807, 2.05) is 0 Å². The van der Waals surface area contributed by atoms with Gasteiger partial charge in [-0.1, -0.05) is 12.8 Å². The molecule has 2 fully saturated rings. The highest BCUT2D eigenvalue weighted by Crippen LogP contribution is 2.22. The highest BCUT2D eigenvalue weighted by atomic mass is 16.5. The second kappa shape index (κ2) is 5.64. The third-order valence-corrected chi connectivity index (χ3v) is 3.58. The van der Waals surface area contributed by atoms with E-state index in [0.29, 0.717) is 0 Å². The summed E-state index contributed by atoms with van der Waals surface area (Å²) < 4.78 is 5.90. The Hall–Kier alpha value is -0.610. The number of rotatable bonds is 2. The van der Waals surface area contributed by atoms with Crippen LogP contribution in [-0.2, 0) is 9.53 Å². The van der Waals surface area contributed by atoms with Crippen LogP contribution in [0, 0.1) is 0 Å². The second-order valence-electron chi connectivity index (χ2n) is 4.90. The molecule has 1 heterocycles. The molecule has 0 aromatic carbocycles. The summed E-state index contributed by atoms with van der Waals surface area (Å²) in [6.45, 7) is 0.787. The summed E-state index contributed by atoms with van der Waals surface area (Å²) in [7, 11) is 0. The van der Waals surface area contributed by atoms with E-state index in [1.165, 1.54) is 12.8 Å². The molecule has 3 unspecified atom stereocenters. The Morgan fingerprint density at radius 1 is 1.12 bits per heavy atom. The van der Waals surface area contributed by atoms with E-state index in [1.54, 1.807) is 0 Å². The maximum Gasteiger partial charge on any atom is 0.249 e. The number of carbonyl (C=O) groups excluding carboxylic acids is 1. The van der Waals surface area contributed by atoms with Crippen molar-refractivity contribution in [3.05, 3.63) is 0 Å². The van der Waals surface area contributed by atoms with Crippen LogP contribution in [0.1, 0.15) is 44.9 Å². The molecule has 0 bridgehead atoms. The molecule has 4 nitrogen and oxygen atoms in total. The summed E-state index contributed by atoms with van der Waals surface area (Å²) in [6, 6.07) is 0.116. The monoisotopic (exact) mass is 226 g/mol. The predicted molar refractivity (Wildman–Crippen MR) is 62.0 cm³/mol. The zero-order valence-corrected chi connectivity index (χ0v) is 9.78. The molecular weight excluding hydrogens is 204 g/mol. The summed E-state index contributed by atoms with van der Waals surface area (Å²) in [5, 5.41) is 2.89. The number of nitrogens with two attached hydrogens (primary N) is 1. The van der Waals surface area contributed by atoms with E-state index in [4.69, 9.17) is 10.5 Å². The standard InChI is InChI=1S/C12H22N2O2/c13-9-5-1-2-6-10(9)16-11-7-3-4-8-14-12(11)15/h9-11H,1-8,13H2,(H,14,15). The lowest BCUT2D eigenvalue weighted by Gasteiger charge is -2.31. The molecular formula is C12H22N2O2. The fourth-order valence-corrected chi connectivity index (χ4v) is 2.55. The minimum absolute atomic E-state index is 0.0512. The fourth-order valence-electron chi connectivity index (χ4n) is 2.55. The van der Waals surface area contributed by atoms with Gasteiger partial charge >= 0.3 is 0 Å². The molecule has 3 N–H and O–H groups in total. The lowest BCUT2D eigenvalue weighted by atomic mass is 9.93. The molecule has 16 heavy (non-hydrogen) atoms. The number of carbonyl (C=O) groups is 1. The number of ether oxygens (including phenoxy) is 1. The van der Waals surface area contributed by atoms with Crippen LogP contribution in [-0.4, -0.2) is 30.7 Å². The Morgan fingerprint density at radius 2 is 1.88 bits per heavy atom. The van der Waals surface area contributed by atoms with Crippen LogP contribution in [0.5, 0.6) is 0 Å². The third-order valence-electron chi connectivity index (χ3n) is 3.58. The Bertz CT molecular complexity index is 245. The molecule has 1 amide bonds. The zero-order valence-electron chi connectivity index (χ0n) is 9.78. The van der Waals surface area contributed by atoms with Crippen molar-refractivity contribution in [2.75, 3.05) is 6.54 Å². The molecule has 92 valence electrons. The molecule has 0 spiro atoms. The minimum Gasteiger partial charge on any atom is -0.364 e. The van der Waals surface area contributed by atoms with Crippen molar-refractivity contribution in [2.24, 2.45) is 5.73 Å². The average molecular weight is 226 g/mol. The van der Waals surface area contributed by atoms with E-state index in [0.717, 1.165) is 38.6 Å². The van der Waals surface area contributed by atoms with Gasteiger partial charge in [0, 0.05) is 12.6 Å². The molecule has 1 aliphatic carbocycles. The third kappa shape index (κ3) is 2.95. The lowest BCUT2D eigenvalue weighted by Crippen LogP contribution is -2.45. The van der Waals surface area contributed by atoms with Crippen LogP contribution >= 0.6 is 0 Å². The Kier molecular flexibility index (Phi) is 4.18. The van der Waals surface area contributed by atoms with Crippen molar-refractivity contribution < 1.29 is 9.53 Å². The quantitative estimate of drug-likeness (QED) is 0.736. The van der Waals surface area contributed by atoms with Crippen molar-refractivity contribution >= 4 is 5.91 Å². The predicted octanol–water partition coefficient (Wildman–Crippen LogP) is 0.942. The molecule has 3 atom stereocenters. The Morgan fingerprint density at radius 3 is 2.69 bits per heavy atom. The van der Waals surface area contributed by atoms with Crippen LogP contribution in [0.25, 0.3) is 0 Å². The first-order valence-electron chi connectivity index (χ1n) is 6.46. The van der Waals surface area contributed by atoms with Gasteiger partial charge in [0.05, 0.1) is 6.10 Å². The molecule has 4 heteroatoms. The Balaban J connectivity index is 1.88. The van der Waals surface area contributed by atoms with Crippen LogP contribution in [0.2, 0.25) is 0 Å². The smallest absolute Gasteiger partial charge is 0.249 e. The van der Waals surface area contributed by atoms with Gasteiger partial charge < -0.3 is 15.8 Å². The molecule has 1 aliphatic heterocycles.